The van der Waals surface area contributed by atoms with E-state index in [-0.39, 0.29) is 11.8 Å². The number of aryl methyl sites for hydroxylation is 1. The predicted octanol–water partition coefficient (Wildman–Crippen LogP) is 2.98. The zero-order valence-corrected chi connectivity index (χ0v) is 12.6. The molecule has 0 unspecified atom stereocenters. The summed E-state index contributed by atoms with van der Waals surface area (Å²) in [5, 5.41) is 5.63. The highest BCUT2D eigenvalue weighted by Gasteiger charge is 2.16. The van der Waals surface area contributed by atoms with Gasteiger partial charge in [0.05, 0.1) is 0 Å². The monoisotopic (exact) mass is 345 g/mol. The van der Waals surface area contributed by atoms with Gasteiger partial charge in [0, 0.05) is 28.5 Å². The summed E-state index contributed by atoms with van der Waals surface area (Å²) in [5.41, 5.74) is 2.85. The topological polar surface area (TPSA) is 71.1 Å². The molecule has 6 heteroatoms. The summed E-state index contributed by atoms with van der Waals surface area (Å²) in [6.45, 7) is 0. The van der Waals surface area contributed by atoms with Crippen molar-refractivity contribution in [2.45, 2.75) is 12.8 Å². The van der Waals surface area contributed by atoms with Crippen LogP contribution in [0.3, 0.4) is 0 Å². The van der Waals surface area contributed by atoms with E-state index in [0.29, 0.717) is 28.7 Å². The van der Waals surface area contributed by atoms with Gasteiger partial charge in [0.25, 0.3) is 5.91 Å². The van der Waals surface area contributed by atoms with E-state index >= 15 is 0 Å². The second kappa shape index (κ2) is 5.65. The second-order valence-corrected chi connectivity index (χ2v) is 5.56. The molecule has 1 aliphatic heterocycles. The van der Waals surface area contributed by atoms with Gasteiger partial charge in [0.1, 0.15) is 5.69 Å². The summed E-state index contributed by atoms with van der Waals surface area (Å²) >= 11 is 3.31. The molecule has 106 valence electrons. The van der Waals surface area contributed by atoms with Crippen LogP contribution in [0.4, 0.5) is 11.4 Å². The number of fused-ring (bicyclic) bond motifs is 1. The number of hydrogen-bond donors (Lipinski definition) is 2. The zero-order chi connectivity index (χ0) is 14.8. The number of aromatic nitrogens is 1. The lowest BCUT2D eigenvalue weighted by Gasteiger charge is -2.17. The molecule has 2 N–H and O–H groups in total. The highest BCUT2D eigenvalue weighted by atomic mass is 79.9. The van der Waals surface area contributed by atoms with Crippen LogP contribution in [0.1, 0.15) is 22.5 Å². The molecular formula is C15H12BrN3O2. The van der Waals surface area contributed by atoms with Gasteiger partial charge in [-0.25, -0.2) is 4.98 Å². The van der Waals surface area contributed by atoms with Crippen molar-refractivity contribution in [1.82, 2.24) is 4.98 Å². The van der Waals surface area contributed by atoms with E-state index in [1.165, 1.54) is 0 Å². The lowest BCUT2D eigenvalue weighted by Crippen LogP contribution is -2.19. The maximum absolute atomic E-state index is 12.2. The number of anilines is 2. The van der Waals surface area contributed by atoms with E-state index in [9.17, 15) is 9.59 Å². The fourth-order valence-electron chi connectivity index (χ4n) is 2.20. The van der Waals surface area contributed by atoms with Gasteiger partial charge in [-0.15, -0.1) is 0 Å². The summed E-state index contributed by atoms with van der Waals surface area (Å²) in [4.78, 5) is 27.6. The number of benzene rings is 1. The van der Waals surface area contributed by atoms with Crippen LogP contribution in [0.2, 0.25) is 0 Å². The quantitative estimate of drug-likeness (QED) is 0.878. The molecule has 1 aromatic heterocycles. The molecule has 0 aliphatic carbocycles. The molecule has 5 nitrogen and oxygen atoms in total. The van der Waals surface area contributed by atoms with E-state index in [2.05, 4.69) is 31.5 Å². The number of carbonyl (C=O) groups excluding carboxylic acids is 2. The van der Waals surface area contributed by atoms with E-state index in [0.717, 1.165) is 11.3 Å². The van der Waals surface area contributed by atoms with Crippen molar-refractivity contribution in [2.24, 2.45) is 0 Å². The molecule has 0 atom stereocenters. The first-order chi connectivity index (χ1) is 10.1. The number of halogens is 1. The first-order valence-electron chi connectivity index (χ1n) is 6.48. The van der Waals surface area contributed by atoms with Crippen molar-refractivity contribution in [2.75, 3.05) is 10.6 Å². The number of nitrogens with one attached hydrogen (secondary N) is 2. The minimum Gasteiger partial charge on any atom is -0.326 e. The Hall–Kier alpha value is -2.21. The molecule has 0 saturated carbocycles. The minimum absolute atomic E-state index is 0.0247. The lowest BCUT2D eigenvalue weighted by molar-refractivity contribution is -0.116. The van der Waals surface area contributed by atoms with Gasteiger partial charge < -0.3 is 10.6 Å². The van der Waals surface area contributed by atoms with Gasteiger partial charge in [-0.05, 0) is 58.2 Å². The number of nitrogens with zero attached hydrogens (tertiary/aromatic N) is 1. The molecule has 2 heterocycles. The maximum atomic E-state index is 12.2. The van der Waals surface area contributed by atoms with Crippen LogP contribution < -0.4 is 10.6 Å². The van der Waals surface area contributed by atoms with Crippen molar-refractivity contribution < 1.29 is 9.59 Å². The van der Waals surface area contributed by atoms with Crippen molar-refractivity contribution in [1.29, 1.82) is 0 Å². The normalized spacial score (nSPS) is 13.3. The van der Waals surface area contributed by atoms with Gasteiger partial charge in [-0.3, -0.25) is 9.59 Å². The Morgan fingerprint density at radius 2 is 2.14 bits per heavy atom. The molecule has 2 amide bonds. The fraction of sp³-hybridized carbons (Fsp3) is 0.133. The highest BCUT2D eigenvalue weighted by molar-refractivity contribution is 9.10. The summed E-state index contributed by atoms with van der Waals surface area (Å²) in [5.74, 6) is -0.251. The Labute approximate surface area is 129 Å². The summed E-state index contributed by atoms with van der Waals surface area (Å²) in [7, 11) is 0. The van der Waals surface area contributed by atoms with E-state index in [4.69, 9.17) is 0 Å². The maximum Gasteiger partial charge on any atom is 0.275 e. The van der Waals surface area contributed by atoms with Crippen molar-refractivity contribution >= 4 is 39.1 Å². The van der Waals surface area contributed by atoms with Crippen LogP contribution in [-0.2, 0) is 11.2 Å². The average molecular weight is 346 g/mol. The molecule has 0 spiro atoms. The van der Waals surface area contributed by atoms with Crippen molar-refractivity contribution in [3.8, 4) is 0 Å². The van der Waals surface area contributed by atoms with Crippen LogP contribution in [-0.4, -0.2) is 16.8 Å². The Morgan fingerprint density at radius 1 is 1.29 bits per heavy atom. The average Bonchev–Trinajstić information content (AvgIpc) is 2.48. The van der Waals surface area contributed by atoms with Crippen LogP contribution in [0.25, 0.3) is 0 Å². The Kier molecular flexibility index (Phi) is 3.70. The summed E-state index contributed by atoms with van der Waals surface area (Å²) in [6, 6.07) is 8.96. The number of carbonyl (C=O) groups is 2. The molecular weight excluding hydrogens is 334 g/mol. The third-order valence-electron chi connectivity index (χ3n) is 3.23. The molecule has 1 aliphatic rings. The van der Waals surface area contributed by atoms with Crippen LogP contribution in [0, 0.1) is 0 Å². The SMILES string of the molecule is O=C1CCc2cc(NC(=O)c3ncccc3Br)ccc2N1. The number of amides is 2. The van der Waals surface area contributed by atoms with Gasteiger partial charge in [-0.1, -0.05) is 0 Å². The molecule has 2 aromatic rings. The number of rotatable bonds is 2. The third kappa shape index (κ3) is 2.95. The summed E-state index contributed by atoms with van der Waals surface area (Å²) < 4.78 is 0.646. The first-order valence-corrected chi connectivity index (χ1v) is 7.27. The van der Waals surface area contributed by atoms with Crippen LogP contribution in [0.5, 0.6) is 0 Å². The smallest absolute Gasteiger partial charge is 0.275 e. The van der Waals surface area contributed by atoms with Gasteiger partial charge in [0.15, 0.2) is 0 Å². The van der Waals surface area contributed by atoms with E-state index in [1.54, 1.807) is 30.5 Å². The molecule has 0 radical (unpaired) electrons. The van der Waals surface area contributed by atoms with Crippen LogP contribution in [0.15, 0.2) is 41.0 Å². The van der Waals surface area contributed by atoms with Crippen molar-refractivity contribution in [3.05, 3.63) is 52.3 Å². The second-order valence-electron chi connectivity index (χ2n) is 4.71. The van der Waals surface area contributed by atoms with Gasteiger partial charge >= 0.3 is 0 Å². The van der Waals surface area contributed by atoms with Gasteiger partial charge in [-0.2, -0.15) is 0 Å². The van der Waals surface area contributed by atoms with E-state index < -0.39 is 0 Å². The molecule has 0 fully saturated rings. The van der Waals surface area contributed by atoms with Crippen LogP contribution >= 0.6 is 15.9 Å². The fourth-order valence-corrected chi connectivity index (χ4v) is 2.64. The molecule has 0 saturated heterocycles. The largest absolute Gasteiger partial charge is 0.326 e. The zero-order valence-electron chi connectivity index (χ0n) is 11.0. The molecule has 21 heavy (non-hydrogen) atoms. The van der Waals surface area contributed by atoms with E-state index in [1.807, 2.05) is 6.07 Å². The van der Waals surface area contributed by atoms with Gasteiger partial charge in [0.2, 0.25) is 5.91 Å². The Bertz CT molecular complexity index is 731. The molecule has 3 rings (SSSR count). The Balaban J connectivity index is 1.81. The highest BCUT2D eigenvalue weighted by Crippen LogP contribution is 2.26. The first kappa shape index (κ1) is 13.8. The lowest BCUT2D eigenvalue weighted by atomic mass is 10.0. The molecule has 0 bridgehead atoms. The van der Waals surface area contributed by atoms with Crippen molar-refractivity contribution in [3.63, 3.8) is 0 Å². The Morgan fingerprint density at radius 3 is 2.95 bits per heavy atom. The molecule has 1 aromatic carbocycles. The number of pyridine rings is 1. The minimum atomic E-state index is -0.276. The summed E-state index contributed by atoms with van der Waals surface area (Å²) in [6.07, 6.45) is 2.72. The predicted molar refractivity (Wildman–Crippen MR) is 83.3 cm³/mol. The number of hydrogen-bond acceptors (Lipinski definition) is 3. The third-order valence-corrected chi connectivity index (χ3v) is 3.87. The standard InChI is InChI=1S/C15H12BrN3O2/c16-11-2-1-7-17-14(11)15(21)18-10-4-5-12-9(8-10)3-6-13(20)19-12/h1-2,4-5,7-8H,3,6H2,(H,18,21)(H,19,20).